The fourth-order valence-electron chi connectivity index (χ4n) is 1.76. The van der Waals surface area contributed by atoms with E-state index in [4.69, 9.17) is 9.47 Å². The maximum absolute atomic E-state index is 11.5. The highest BCUT2D eigenvalue weighted by Crippen LogP contribution is 2.32. The van der Waals surface area contributed by atoms with Crippen molar-refractivity contribution in [2.45, 2.75) is 12.5 Å². The third-order valence-electron chi connectivity index (χ3n) is 2.49. The van der Waals surface area contributed by atoms with Gasteiger partial charge < -0.3 is 9.47 Å². The molecule has 0 saturated heterocycles. The Kier molecular flexibility index (Phi) is 3.07. The van der Waals surface area contributed by atoms with Gasteiger partial charge in [0.1, 0.15) is 0 Å². The fraction of sp³-hybridized carbons (Fsp3) is 0.364. The molecular formula is C11H11BrO3. The van der Waals surface area contributed by atoms with E-state index in [-0.39, 0.29) is 5.97 Å². The van der Waals surface area contributed by atoms with E-state index >= 15 is 0 Å². The highest BCUT2D eigenvalue weighted by molar-refractivity contribution is 9.10. The van der Waals surface area contributed by atoms with Crippen LogP contribution in [0.4, 0.5) is 0 Å². The maximum Gasteiger partial charge on any atom is 0.339 e. The van der Waals surface area contributed by atoms with Crippen molar-refractivity contribution in [3.05, 3.63) is 33.8 Å². The standard InChI is InChI=1S/C11H11BrO3/c1-14-11(13)10-8-3-2-4-9(12)7(8)5-6-15-10/h2-4,10H,5-6H2,1H3. The van der Waals surface area contributed by atoms with Crippen LogP contribution in [0.2, 0.25) is 0 Å². The number of ether oxygens (including phenoxy) is 2. The van der Waals surface area contributed by atoms with Crippen LogP contribution in [0.5, 0.6) is 0 Å². The first-order valence-corrected chi connectivity index (χ1v) is 5.50. The minimum atomic E-state index is -0.573. The first kappa shape index (κ1) is 10.6. The molecule has 0 saturated carbocycles. The average Bonchev–Trinajstić information content (AvgIpc) is 2.28. The highest BCUT2D eigenvalue weighted by atomic mass is 79.9. The lowest BCUT2D eigenvalue weighted by atomic mass is 9.98. The van der Waals surface area contributed by atoms with Crippen molar-refractivity contribution in [2.75, 3.05) is 13.7 Å². The number of benzene rings is 1. The Hall–Kier alpha value is -0.870. The lowest BCUT2D eigenvalue weighted by Gasteiger charge is -2.24. The Bertz CT molecular complexity index is 389. The first-order chi connectivity index (χ1) is 7.24. The molecule has 4 heteroatoms. The van der Waals surface area contributed by atoms with Crippen molar-refractivity contribution in [2.24, 2.45) is 0 Å². The fourth-order valence-corrected chi connectivity index (χ4v) is 2.34. The number of methoxy groups -OCH3 is 1. The van der Waals surface area contributed by atoms with Crippen LogP contribution in [0.1, 0.15) is 17.2 Å². The average molecular weight is 271 g/mol. The zero-order valence-electron chi connectivity index (χ0n) is 8.33. The molecule has 0 spiro atoms. The van der Waals surface area contributed by atoms with E-state index in [9.17, 15) is 4.79 Å². The van der Waals surface area contributed by atoms with Gasteiger partial charge in [-0.2, -0.15) is 0 Å². The zero-order chi connectivity index (χ0) is 10.8. The molecule has 0 bridgehead atoms. The second-order valence-corrected chi connectivity index (χ2v) is 4.19. The lowest BCUT2D eigenvalue weighted by Crippen LogP contribution is -2.24. The molecule has 80 valence electrons. The van der Waals surface area contributed by atoms with Gasteiger partial charge in [0.05, 0.1) is 13.7 Å². The molecule has 15 heavy (non-hydrogen) atoms. The van der Waals surface area contributed by atoms with Gasteiger partial charge >= 0.3 is 5.97 Å². The molecule has 3 nitrogen and oxygen atoms in total. The summed E-state index contributed by atoms with van der Waals surface area (Å²) in [4.78, 5) is 11.5. The van der Waals surface area contributed by atoms with Gasteiger partial charge in [0, 0.05) is 4.47 Å². The minimum absolute atomic E-state index is 0.339. The summed E-state index contributed by atoms with van der Waals surface area (Å²) in [5.74, 6) is -0.339. The minimum Gasteiger partial charge on any atom is -0.467 e. The summed E-state index contributed by atoms with van der Waals surface area (Å²) in [6.45, 7) is 0.551. The van der Waals surface area contributed by atoms with Crippen molar-refractivity contribution in [3.63, 3.8) is 0 Å². The summed E-state index contributed by atoms with van der Waals surface area (Å²) < 4.78 is 11.1. The molecule has 0 radical (unpaired) electrons. The van der Waals surface area contributed by atoms with Gasteiger partial charge in [-0.15, -0.1) is 0 Å². The van der Waals surface area contributed by atoms with Gasteiger partial charge in [-0.1, -0.05) is 28.1 Å². The van der Waals surface area contributed by atoms with Crippen LogP contribution < -0.4 is 0 Å². The van der Waals surface area contributed by atoms with E-state index in [0.29, 0.717) is 6.61 Å². The third kappa shape index (κ3) is 1.92. The predicted molar refractivity (Wildman–Crippen MR) is 58.6 cm³/mol. The molecule has 0 fully saturated rings. The molecule has 1 aromatic rings. The molecule has 1 atom stereocenters. The van der Waals surface area contributed by atoms with Gasteiger partial charge in [0.25, 0.3) is 0 Å². The van der Waals surface area contributed by atoms with Gasteiger partial charge in [-0.05, 0) is 23.6 Å². The molecule has 0 amide bonds. The quantitative estimate of drug-likeness (QED) is 0.735. The maximum atomic E-state index is 11.5. The largest absolute Gasteiger partial charge is 0.467 e. The van der Waals surface area contributed by atoms with E-state index in [0.717, 1.165) is 22.0 Å². The normalized spacial score (nSPS) is 19.5. The van der Waals surface area contributed by atoms with Gasteiger partial charge in [-0.25, -0.2) is 4.79 Å². The van der Waals surface area contributed by atoms with Crippen LogP contribution in [-0.4, -0.2) is 19.7 Å². The van der Waals surface area contributed by atoms with Crippen LogP contribution in [0, 0.1) is 0 Å². The molecule has 0 N–H and O–H groups in total. The second kappa shape index (κ2) is 4.33. The Morgan fingerprint density at radius 3 is 3.13 bits per heavy atom. The number of rotatable bonds is 1. The number of hydrogen-bond acceptors (Lipinski definition) is 3. The van der Waals surface area contributed by atoms with Crippen molar-refractivity contribution in [1.82, 2.24) is 0 Å². The van der Waals surface area contributed by atoms with E-state index in [2.05, 4.69) is 15.9 Å². The van der Waals surface area contributed by atoms with Crippen LogP contribution in [0.25, 0.3) is 0 Å². The van der Waals surface area contributed by atoms with Gasteiger partial charge in [-0.3, -0.25) is 0 Å². The van der Waals surface area contributed by atoms with Crippen molar-refractivity contribution in [3.8, 4) is 0 Å². The molecule has 0 aliphatic carbocycles. The van der Waals surface area contributed by atoms with E-state index in [1.54, 1.807) is 0 Å². The van der Waals surface area contributed by atoms with Crippen LogP contribution in [0.15, 0.2) is 22.7 Å². The summed E-state index contributed by atoms with van der Waals surface area (Å²) in [7, 11) is 1.37. The summed E-state index contributed by atoms with van der Waals surface area (Å²) in [6, 6.07) is 5.77. The smallest absolute Gasteiger partial charge is 0.339 e. The highest BCUT2D eigenvalue weighted by Gasteiger charge is 2.28. The summed E-state index contributed by atoms with van der Waals surface area (Å²) >= 11 is 3.47. The van der Waals surface area contributed by atoms with E-state index in [1.165, 1.54) is 7.11 Å². The van der Waals surface area contributed by atoms with Crippen LogP contribution >= 0.6 is 15.9 Å². The van der Waals surface area contributed by atoms with Crippen LogP contribution in [-0.2, 0) is 20.7 Å². The lowest BCUT2D eigenvalue weighted by molar-refractivity contribution is -0.155. The van der Waals surface area contributed by atoms with E-state index < -0.39 is 6.10 Å². The number of carbonyl (C=O) groups is 1. The summed E-state index contributed by atoms with van der Waals surface area (Å²) in [5.41, 5.74) is 2.04. The van der Waals surface area contributed by atoms with E-state index in [1.807, 2.05) is 18.2 Å². The second-order valence-electron chi connectivity index (χ2n) is 3.33. The molecular weight excluding hydrogens is 260 g/mol. The predicted octanol–water partition coefficient (Wildman–Crippen LogP) is 2.24. The van der Waals surface area contributed by atoms with Gasteiger partial charge in [0.2, 0.25) is 0 Å². The van der Waals surface area contributed by atoms with Crippen LogP contribution in [0.3, 0.4) is 0 Å². The summed E-state index contributed by atoms with van der Waals surface area (Å²) in [5, 5.41) is 0. The molecule has 1 aromatic carbocycles. The SMILES string of the molecule is COC(=O)C1OCCc2c(Br)cccc21. The van der Waals surface area contributed by atoms with Crippen molar-refractivity contribution >= 4 is 21.9 Å². The summed E-state index contributed by atoms with van der Waals surface area (Å²) in [6.07, 6.45) is 0.251. The zero-order valence-corrected chi connectivity index (χ0v) is 9.91. The topological polar surface area (TPSA) is 35.5 Å². The number of esters is 1. The molecule has 0 aromatic heterocycles. The number of hydrogen-bond donors (Lipinski definition) is 0. The Morgan fingerprint density at radius 2 is 2.40 bits per heavy atom. The van der Waals surface area contributed by atoms with Crippen molar-refractivity contribution < 1.29 is 14.3 Å². The third-order valence-corrected chi connectivity index (χ3v) is 3.23. The monoisotopic (exact) mass is 270 g/mol. The molecule has 1 aliphatic heterocycles. The molecule has 2 rings (SSSR count). The molecule has 1 aliphatic rings. The number of fused-ring (bicyclic) bond motifs is 1. The first-order valence-electron chi connectivity index (χ1n) is 4.70. The Labute approximate surface area is 96.5 Å². The molecule has 1 unspecified atom stereocenters. The van der Waals surface area contributed by atoms with Crippen molar-refractivity contribution in [1.29, 1.82) is 0 Å². The number of halogens is 1. The Morgan fingerprint density at radius 1 is 1.60 bits per heavy atom. The Balaban J connectivity index is 2.42. The molecule has 1 heterocycles. The number of carbonyl (C=O) groups excluding carboxylic acids is 1. The van der Waals surface area contributed by atoms with Gasteiger partial charge in [0.15, 0.2) is 6.10 Å².